The average Bonchev–Trinajstić information content (AvgIpc) is 2.19. The van der Waals surface area contributed by atoms with Crippen LogP contribution in [-0.4, -0.2) is 52.0 Å². The van der Waals surface area contributed by atoms with Crippen LogP contribution in [0.3, 0.4) is 0 Å². The Morgan fingerprint density at radius 1 is 1.78 bits per heavy atom. The summed E-state index contributed by atoms with van der Waals surface area (Å²) in [6.45, 7) is 3.19. The summed E-state index contributed by atoms with van der Waals surface area (Å²) in [6, 6.07) is 0. The van der Waals surface area contributed by atoms with Crippen molar-refractivity contribution < 1.29 is 0 Å². The summed E-state index contributed by atoms with van der Waals surface area (Å²) in [5.74, 6) is 2.36. The summed E-state index contributed by atoms with van der Waals surface area (Å²) in [5, 5.41) is 0. The molecular formula is C5H10NNaS2. The molecule has 0 saturated carbocycles. The molecule has 0 aromatic carbocycles. The molecule has 1 aliphatic rings. The van der Waals surface area contributed by atoms with E-state index in [1.54, 1.807) is 0 Å². The SMILES string of the molecule is CCSC1=NCCS1.[NaH]. The molecule has 1 nitrogen and oxygen atoms in total. The Kier molecular flexibility index (Phi) is 7.03. The molecule has 9 heavy (non-hydrogen) atoms. The predicted molar refractivity (Wildman–Crippen MR) is 50.0 cm³/mol. The quantitative estimate of drug-likeness (QED) is 0.549. The molecule has 0 unspecified atom stereocenters. The van der Waals surface area contributed by atoms with Gasteiger partial charge in [0.25, 0.3) is 0 Å². The van der Waals surface area contributed by atoms with Crippen LogP contribution >= 0.6 is 23.5 Å². The first-order valence-corrected chi connectivity index (χ1v) is 4.70. The summed E-state index contributed by atoms with van der Waals surface area (Å²) < 4.78 is 1.28. The summed E-state index contributed by atoms with van der Waals surface area (Å²) >= 11 is 3.73. The second-order valence-electron chi connectivity index (χ2n) is 1.43. The van der Waals surface area contributed by atoms with Gasteiger partial charge in [-0.25, -0.2) is 0 Å². The first-order valence-electron chi connectivity index (χ1n) is 2.73. The first kappa shape index (κ1) is 10.4. The molecule has 0 amide bonds. The number of thioether (sulfide) groups is 2. The van der Waals surface area contributed by atoms with E-state index in [1.807, 2.05) is 23.5 Å². The molecule has 0 fully saturated rings. The molecule has 0 atom stereocenters. The molecule has 1 heterocycles. The van der Waals surface area contributed by atoms with E-state index >= 15 is 0 Å². The topological polar surface area (TPSA) is 12.4 Å². The molecule has 0 N–H and O–H groups in total. The number of hydrogen-bond acceptors (Lipinski definition) is 3. The van der Waals surface area contributed by atoms with Gasteiger partial charge >= 0.3 is 29.6 Å². The van der Waals surface area contributed by atoms with Crippen molar-refractivity contribution in [3.63, 3.8) is 0 Å². The Hall–Kier alpha value is 1.37. The number of hydrogen-bond donors (Lipinski definition) is 0. The van der Waals surface area contributed by atoms with Crippen LogP contribution in [0, 0.1) is 0 Å². The van der Waals surface area contributed by atoms with Gasteiger partial charge in [0.05, 0.1) is 6.54 Å². The zero-order valence-electron chi connectivity index (χ0n) is 4.89. The third-order valence-corrected chi connectivity index (χ3v) is 2.96. The number of aliphatic imine (C=N–C) groups is 1. The normalized spacial score (nSPS) is 16.8. The predicted octanol–water partition coefficient (Wildman–Crippen LogP) is 1.19. The van der Waals surface area contributed by atoms with Gasteiger partial charge in [-0.05, 0) is 5.75 Å². The van der Waals surface area contributed by atoms with E-state index in [1.165, 1.54) is 10.1 Å². The van der Waals surface area contributed by atoms with E-state index < -0.39 is 0 Å². The monoisotopic (exact) mass is 171 g/mol. The molecule has 1 rings (SSSR count). The minimum absolute atomic E-state index is 0. The Labute approximate surface area is 86.7 Å². The zero-order valence-corrected chi connectivity index (χ0v) is 6.52. The van der Waals surface area contributed by atoms with Crippen molar-refractivity contribution in [2.45, 2.75) is 6.92 Å². The van der Waals surface area contributed by atoms with Gasteiger partial charge < -0.3 is 0 Å². The first-order chi connectivity index (χ1) is 3.93. The minimum atomic E-state index is 0. The van der Waals surface area contributed by atoms with E-state index in [0.29, 0.717) is 0 Å². The summed E-state index contributed by atoms with van der Waals surface area (Å²) in [7, 11) is 0. The van der Waals surface area contributed by atoms with Crippen molar-refractivity contribution in [3.05, 3.63) is 0 Å². The molecule has 0 aromatic heterocycles. The third kappa shape index (κ3) is 3.94. The van der Waals surface area contributed by atoms with Crippen LogP contribution in [0.15, 0.2) is 4.99 Å². The van der Waals surface area contributed by atoms with Crippen LogP contribution in [0.25, 0.3) is 0 Å². The molecule has 0 saturated heterocycles. The Morgan fingerprint density at radius 3 is 3.00 bits per heavy atom. The third-order valence-electron chi connectivity index (χ3n) is 0.826. The maximum atomic E-state index is 4.27. The van der Waals surface area contributed by atoms with Gasteiger partial charge in [0.15, 0.2) is 0 Å². The van der Waals surface area contributed by atoms with Crippen LogP contribution in [0.5, 0.6) is 0 Å². The second-order valence-corrected chi connectivity index (χ2v) is 4.02. The van der Waals surface area contributed by atoms with Crippen molar-refractivity contribution in [2.24, 2.45) is 4.99 Å². The van der Waals surface area contributed by atoms with Crippen LogP contribution in [0.4, 0.5) is 0 Å². The fourth-order valence-electron chi connectivity index (χ4n) is 0.526. The molecule has 0 radical (unpaired) electrons. The van der Waals surface area contributed by atoms with E-state index in [4.69, 9.17) is 0 Å². The van der Waals surface area contributed by atoms with E-state index in [9.17, 15) is 0 Å². The van der Waals surface area contributed by atoms with Gasteiger partial charge in [-0.15, -0.1) is 11.8 Å². The van der Waals surface area contributed by atoms with E-state index in [0.717, 1.165) is 12.3 Å². The second kappa shape index (κ2) is 6.10. The van der Waals surface area contributed by atoms with Crippen molar-refractivity contribution in [1.82, 2.24) is 0 Å². The Bertz CT molecular complexity index is 105. The molecule has 48 valence electrons. The van der Waals surface area contributed by atoms with Gasteiger partial charge in [-0.2, -0.15) is 0 Å². The fraction of sp³-hybridized carbons (Fsp3) is 0.800. The van der Waals surface area contributed by atoms with E-state index in [2.05, 4.69) is 11.9 Å². The standard InChI is InChI=1S/C5H9NS2.Na.H/c1-2-7-5-6-3-4-8-5;;/h2-4H2,1H3;;. The van der Waals surface area contributed by atoms with Gasteiger partial charge in [0.2, 0.25) is 0 Å². The van der Waals surface area contributed by atoms with Gasteiger partial charge in [0, 0.05) is 5.75 Å². The molecule has 0 aliphatic carbocycles. The Morgan fingerprint density at radius 2 is 2.56 bits per heavy atom. The molecule has 0 bridgehead atoms. The number of nitrogens with zero attached hydrogens (tertiary/aromatic N) is 1. The fourth-order valence-corrected chi connectivity index (χ4v) is 2.43. The van der Waals surface area contributed by atoms with Crippen molar-refractivity contribution >= 4 is 57.5 Å². The Balaban J connectivity index is 0.000000640. The zero-order chi connectivity index (χ0) is 5.82. The van der Waals surface area contributed by atoms with E-state index in [-0.39, 0.29) is 29.6 Å². The summed E-state index contributed by atoms with van der Waals surface area (Å²) in [6.07, 6.45) is 0. The maximum absolute atomic E-state index is 4.27. The van der Waals surface area contributed by atoms with Crippen LogP contribution in [0.1, 0.15) is 6.92 Å². The van der Waals surface area contributed by atoms with Crippen molar-refractivity contribution in [2.75, 3.05) is 18.1 Å². The number of rotatable bonds is 1. The molecule has 4 heteroatoms. The van der Waals surface area contributed by atoms with Crippen molar-refractivity contribution in [3.8, 4) is 0 Å². The van der Waals surface area contributed by atoms with Crippen LogP contribution < -0.4 is 0 Å². The molecule has 1 aliphatic heterocycles. The van der Waals surface area contributed by atoms with Crippen LogP contribution in [0.2, 0.25) is 0 Å². The summed E-state index contributed by atoms with van der Waals surface area (Å²) in [4.78, 5) is 4.27. The molecule has 0 spiro atoms. The molecular weight excluding hydrogens is 161 g/mol. The van der Waals surface area contributed by atoms with Gasteiger partial charge in [-0.1, -0.05) is 18.7 Å². The molecule has 0 aromatic rings. The van der Waals surface area contributed by atoms with Gasteiger partial charge in [-0.3, -0.25) is 4.99 Å². The average molecular weight is 171 g/mol. The summed E-state index contributed by atoms with van der Waals surface area (Å²) in [5.41, 5.74) is 0. The van der Waals surface area contributed by atoms with Crippen LogP contribution in [-0.2, 0) is 0 Å². The van der Waals surface area contributed by atoms with Crippen molar-refractivity contribution in [1.29, 1.82) is 0 Å². The van der Waals surface area contributed by atoms with Gasteiger partial charge in [0.1, 0.15) is 4.38 Å².